The monoisotopic (exact) mass is 290 g/mol. The molecule has 1 aromatic rings. The van der Waals surface area contributed by atoms with E-state index in [1.807, 2.05) is 0 Å². The van der Waals surface area contributed by atoms with E-state index in [0.717, 1.165) is 6.42 Å². The van der Waals surface area contributed by atoms with E-state index in [1.54, 1.807) is 0 Å². The second-order valence-corrected chi connectivity index (χ2v) is 3.47. The zero-order chi connectivity index (χ0) is 11.5. The number of unbranched alkanes of at least 4 members (excludes halogenated alkanes) is 2. The van der Waals surface area contributed by atoms with Gasteiger partial charge in [-0.2, -0.15) is 6.42 Å². The van der Waals surface area contributed by atoms with Crippen molar-refractivity contribution in [3.05, 3.63) is 42.8 Å². The molecule has 0 heterocycles. The molecule has 1 aromatic carbocycles. The molecule has 0 spiro atoms. The quantitative estimate of drug-likeness (QED) is 0.366. The van der Waals surface area contributed by atoms with Gasteiger partial charge in [-0.1, -0.05) is 47.7 Å². The summed E-state index contributed by atoms with van der Waals surface area (Å²) in [5.74, 6) is 0. The van der Waals surface area contributed by atoms with Crippen molar-refractivity contribution in [2.75, 3.05) is 0 Å². The largest absolute Gasteiger partial charge is 2.00 e. The molecule has 0 unspecified atom stereocenters. The van der Waals surface area contributed by atoms with Crippen molar-refractivity contribution in [3.8, 4) is 0 Å². The number of hydrogen-bond donors (Lipinski definition) is 0. The average molecular weight is 292 g/mol. The van der Waals surface area contributed by atoms with Crippen molar-refractivity contribution >= 4 is 8.25 Å². The van der Waals surface area contributed by atoms with Gasteiger partial charge in [0.1, 0.15) is 0 Å². The van der Waals surface area contributed by atoms with E-state index in [-0.39, 0.29) is 19.5 Å². The number of benzene rings is 1. The van der Waals surface area contributed by atoms with Gasteiger partial charge in [-0.05, 0) is 12.0 Å². The number of hydrogen-bond acceptors (Lipinski definition) is 3. The molecular formula is C11H15O3PZn. The van der Waals surface area contributed by atoms with E-state index in [9.17, 15) is 0 Å². The molecule has 0 fully saturated rings. The van der Waals surface area contributed by atoms with E-state index in [1.165, 1.54) is 24.8 Å². The van der Waals surface area contributed by atoms with Crippen molar-refractivity contribution in [2.45, 2.75) is 25.7 Å². The Morgan fingerprint density at radius 3 is 2.06 bits per heavy atom. The Kier molecular flexibility index (Phi) is 14.7. The van der Waals surface area contributed by atoms with Gasteiger partial charge in [0.15, 0.2) is 0 Å². The third-order valence-electron chi connectivity index (χ3n) is 1.81. The molecule has 0 atom stereocenters. The van der Waals surface area contributed by atoms with Gasteiger partial charge in [0.25, 0.3) is 8.25 Å². The van der Waals surface area contributed by atoms with Crippen LogP contribution in [0, 0.1) is 6.92 Å². The summed E-state index contributed by atoms with van der Waals surface area (Å²) in [5.41, 5.74) is 1.45. The predicted octanol–water partition coefficient (Wildman–Crippen LogP) is 1.60. The fourth-order valence-electron chi connectivity index (χ4n) is 1.15. The molecule has 0 aromatic heterocycles. The minimum Gasteiger partial charge on any atom is -0.598 e. The molecule has 84 valence electrons. The zero-order valence-electron chi connectivity index (χ0n) is 9.30. The van der Waals surface area contributed by atoms with E-state index in [2.05, 4.69) is 37.3 Å². The summed E-state index contributed by atoms with van der Waals surface area (Å²) >= 11 is 0. The first-order valence-electron chi connectivity index (χ1n) is 4.81. The molecule has 0 aliphatic rings. The van der Waals surface area contributed by atoms with Crippen LogP contribution in [0.15, 0.2) is 30.3 Å². The smallest absolute Gasteiger partial charge is 0.598 e. The molecule has 0 N–H and O–H groups in total. The maximum atomic E-state index is 8.48. The maximum Gasteiger partial charge on any atom is 2.00 e. The van der Waals surface area contributed by atoms with Crippen LogP contribution in [0.1, 0.15) is 24.8 Å². The Hall–Kier alpha value is -0.137. The molecule has 5 heteroatoms. The molecule has 1 rings (SSSR count). The van der Waals surface area contributed by atoms with Crippen LogP contribution in [0.4, 0.5) is 0 Å². The summed E-state index contributed by atoms with van der Waals surface area (Å²) < 4.78 is 8.48. The zero-order valence-corrected chi connectivity index (χ0v) is 13.2. The van der Waals surface area contributed by atoms with Crippen molar-refractivity contribution < 1.29 is 33.8 Å². The van der Waals surface area contributed by atoms with Crippen LogP contribution in [-0.4, -0.2) is 0 Å². The van der Waals surface area contributed by atoms with Crippen LogP contribution in [-0.2, 0) is 30.5 Å². The Morgan fingerprint density at radius 2 is 1.62 bits per heavy atom. The first kappa shape index (κ1) is 18.2. The number of rotatable bonds is 4. The van der Waals surface area contributed by atoms with Gasteiger partial charge in [-0.3, -0.25) is 0 Å². The van der Waals surface area contributed by atoms with Crippen molar-refractivity contribution in [1.82, 2.24) is 0 Å². The summed E-state index contributed by atoms with van der Waals surface area (Å²) in [6.07, 6.45) is 4.78. The molecular weight excluding hydrogens is 276 g/mol. The fraction of sp³-hybridized carbons (Fsp3) is 0.364. The molecule has 0 saturated heterocycles. The van der Waals surface area contributed by atoms with Gasteiger partial charge >= 0.3 is 19.5 Å². The van der Waals surface area contributed by atoms with Gasteiger partial charge < -0.3 is 16.7 Å². The van der Waals surface area contributed by atoms with Gasteiger partial charge in [0, 0.05) is 0 Å². The fourth-order valence-corrected chi connectivity index (χ4v) is 1.15. The molecule has 0 radical (unpaired) electrons. The molecule has 0 saturated carbocycles. The molecule has 16 heavy (non-hydrogen) atoms. The standard InChI is InChI=1S/C11H15.HO3P.Zn/c1-2-3-5-8-11-9-6-4-7-10-11;1-4(2)3;/h4,6-7,9-10H,1-3,5,8H2;(H,1,2,3);/q-1;;+2/p-1. The van der Waals surface area contributed by atoms with Crippen LogP contribution >= 0.6 is 8.25 Å². The summed E-state index contributed by atoms with van der Waals surface area (Å²) in [4.78, 5) is 17.0. The summed E-state index contributed by atoms with van der Waals surface area (Å²) in [6.45, 7) is 3.82. The third kappa shape index (κ3) is 13.9. The predicted molar refractivity (Wildman–Crippen MR) is 57.0 cm³/mol. The molecule has 3 nitrogen and oxygen atoms in total. The summed E-state index contributed by atoms with van der Waals surface area (Å²) in [6, 6.07) is 10.6. The first-order chi connectivity index (χ1) is 7.16. The molecule has 0 amide bonds. The minimum atomic E-state index is -3.37. The SMILES string of the molecule is O=[P+]([O-])[O-].[CH2-]CCCCc1ccccc1.[Zn+2]. The molecule has 0 aliphatic carbocycles. The normalized spacial score (nSPS) is 8.44. The van der Waals surface area contributed by atoms with Crippen molar-refractivity contribution in [2.24, 2.45) is 0 Å². The Bertz CT molecular complexity index is 263. The van der Waals surface area contributed by atoms with Crippen molar-refractivity contribution in [3.63, 3.8) is 0 Å². The Labute approximate surface area is 111 Å². The first-order valence-corrected chi connectivity index (χ1v) is 5.91. The number of aryl methyl sites for hydroxylation is 1. The Balaban J connectivity index is 0. The van der Waals surface area contributed by atoms with E-state index >= 15 is 0 Å². The molecule has 0 aliphatic heterocycles. The summed E-state index contributed by atoms with van der Waals surface area (Å²) in [7, 11) is -3.37. The second kappa shape index (κ2) is 12.9. The van der Waals surface area contributed by atoms with Gasteiger partial charge in [0.2, 0.25) is 0 Å². The second-order valence-electron chi connectivity index (χ2n) is 3.02. The van der Waals surface area contributed by atoms with E-state index in [4.69, 9.17) is 14.4 Å². The van der Waals surface area contributed by atoms with Crippen molar-refractivity contribution in [1.29, 1.82) is 0 Å². The van der Waals surface area contributed by atoms with Crippen LogP contribution in [0.3, 0.4) is 0 Å². The van der Waals surface area contributed by atoms with E-state index < -0.39 is 8.25 Å². The van der Waals surface area contributed by atoms with Gasteiger partial charge in [-0.15, -0.1) is 0 Å². The topological polar surface area (TPSA) is 63.2 Å². The summed E-state index contributed by atoms with van der Waals surface area (Å²) in [5, 5.41) is 0. The van der Waals surface area contributed by atoms with Gasteiger partial charge in [-0.25, -0.2) is 0 Å². The Morgan fingerprint density at radius 1 is 1.12 bits per heavy atom. The maximum absolute atomic E-state index is 8.48. The van der Waals surface area contributed by atoms with E-state index in [0.29, 0.717) is 0 Å². The minimum absolute atomic E-state index is 0. The van der Waals surface area contributed by atoms with Crippen LogP contribution in [0.25, 0.3) is 0 Å². The average Bonchev–Trinajstić information content (AvgIpc) is 2.19. The van der Waals surface area contributed by atoms with Crippen LogP contribution < -0.4 is 9.79 Å². The molecule has 0 bridgehead atoms. The third-order valence-corrected chi connectivity index (χ3v) is 1.81. The van der Waals surface area contributed by atoms with Crippen LogP contribution in [0.2, 0.25) is 0 Å². The van der Waals surface area contributed by atoms with Gasteiger partial charge in [0.05, 0.1) is 0 Å². The van der Waals surface area contributed by atoms with Crippen LogP contribution in [0.5, 0.6) is 0 Å².